The maximum absolute atomic E-state index is 11.4. The van der Waals surface area contributed by atoms with Crippen LogP contribution in [0, 0.1) is 0 Å². The van der Waals surface area contributed by atoms with Crippen LogP contribution in [0.15, 0.2) is 11.1 Å². The Labute approximate surface area is 94.6 Å². The first-order valence-electron chi connectivity index (χ1n) is 5.08. The van der Waals surface area contributed by atoms with Crippen LogP contribution < -0.4 is 15.6 Å². The third-order valence-corrected chi connectivity index (χ3v) is 2.46. The predicted molar refractivity (Wildman–Crippen MR) is 63.0 cm³/mol. The lowest BCUT2D eigenvalue weighted by Crippen LogP contribution is -2.32. The van der Waals surface area contributed by atoms with Gasteiger partial charge in [0.15, 0.2) is 5.82 Å². The van der Waals surface area contributed by atoms with Crippen molar-refractivity contribution in [3.63, 3.8) is 0 Å². The number of H-pyrrole nitrogens is 1. The Kier molecular flexibility index (Phi) is 4.30. The number of methoxy groups -OCH3 is 1. The van der Waals surface area contributed by atoms with Gasteiger partial charge < -0.3 is 19.9 Å². The molecule has 0 aliphatic heterocycles. The number of hydrogen-bond acceptors (Lipinski definition) is 5. The number of likely N-dealkylation sites (N-methyl/N-ethyl adjacent to an activating group) is 1. The van der Waals surface area contributed by atoms with E-state index in [-0.39, 0.29) is 11.3 Å². The molecule has 0 aromatic carbocycles. The lowest BCUT2D eigenvalue weighted by Gasteiger charge is -2.20. The van der Waals surface area contributed by atoms with Crippen molar-refractivity contribution < 1.29 is 4.74 Å². The lowest BCUT2D eigenvalue weighted by atomic mass is 10.3. The molecule has 0 spiro atoms. The average molecular weight is 226 g/mol. The van der Waals surface area contributed by atoms with Crippen molar-refractivity contribution in [1.29, 1.82) is 0 Å². The Morgan fingerprint density at radius 3 is 2.88 bits per heavy atom. The first-order valence-corrected chi connectivity index (χ1v) is 5.08. The first-order chi connectivity index (χ1) is 7.56. The van der Waals surface area contributed by atoms with Crippen LogP contribution in [-0.2, 0) is 0 Å². The Bertz CT molecular complexity index is 389. The van der Waals surface area contributed by atoms with Gasteiger partial charge in [0, 0.05) is 12.6 Å². The number of rotatable bonds is 5. The Morgan fingerprint density at radius 2 is 2.31 bits per heavy atom. The van der Waals surface area contributed by atoms with Gasteiger partial charge in [0.1, 0.15) is 0 Å². The summed E-state index contributed by atoms with van der Waals surface area (Å²) in [6.45, 7) is 2.77. The molecule has 1 heterocycles. The fourth-order valence-electron chi connectivity index (χ4n) is 1.13. The predicted octanol–water partition coefficient (Wildman–Crippen LogP) is 0.140. The molecular formula is C10H18N4O2. The number of ether oxygens (including phenoxy) is 1. The Hall–Kier alpha value is -1.56. The van der Waals surface area contributed by atoms with Crippen molar-refractivity contribution >= 4 is 5.82 Å². The Morgan fingerprint density at radius 1 is 1.62 bits per heavy atom. The second-order valence-corrected chi connectivity index (χ2v) is 3.81. The zero-order chi connectivity index (χ0) is 12.1. The maximum Gasteiger partial charge on any atom is 0.295 e. The summed E-state index contributed by atoms with van der Waals surface area (Å²) in [7, 11) is 5.44. The molecule has 6 heteroatoms. The van der Waals surface area contributed by atoms with Gasteiger partial charge in [-0.2, -0.15) is 0 Å². The second-order valence-electron chi connectivity index (χ2n) is 3.81. The maximum atomic E-state index is 11.4. The molecule has 6 nitrogen and oxygen atoms in total. The van der Waals surface area contributed by atoms with Crippen molar-refractivity contribution in [2.75, 3.05) is 33.1 Å². The van der Waals surface area contributed by atoms with Gasteiger partial charge in [0.05, 0.1) is 13.4 Å². The van der Waals surface area contributed by atoms with Gasteiger partial charge >= 0.3 is 0 Å². The van der Waals surface area contributed by atoms with E-state index < -0.39 is 0 Å². The van der Waals surface area contributed by atoms with Gasteiger partial charge in [0.2, 0.25) is 5.75 Å². The van der Waals surface area contributed by atoms with E-state index in [1.54, 1.807) is 0 Å². The standard InChI is InChI=1S/C10H18N4O2/c1-7(14(2)3)5-11-9-8(16-4)10(15)13-6-12-9/h6-7H,5H2,1-4H3,(H2,11,12,13,15). The van der Waals surface area contributed by atoms with Crippen LogP contribution in [0.1, 0.15) is 6.92 Å². The van der Waals surface area contributed by atoms with Crippen molar-refractivity contribution in [3.8, 4) is 5.75 Å². The van der Waals surface area contributed by atoms with Gasteiger partial charge in [-0.1, -0.05) is 0 Å². The molecule has 1 unspecified atom stereocenters. The van der Waals surface area contributed by atoms with E-state index >= 15 is 0 Å². The summed E-state index contributed by atoms with van der Waals surface area (Å²) in [5.41, 5.74) is -0.280. The molecule has 0 aliphatic carbocycles. The molecule has 0 radical (unpaired) electrons. The molecule has 1 atom stereocenters. The van der Waals surface area contributed by atoms with E-state index in [2.05, 4.69) is 27.1 Å². The minimum Gasteiger partial charge on any atom is -0.489 e. The fraction of sp³-hybridized carbons (Fsp3) is 0.600. The molecule has 0 saturated heterocycles. The molecule has 0 bridgehead atoms. The van der Waals surface area contributed by atoms with E-state index in [1.165, 1.54) is 13.4 Å². The van der Waals surface area contributed by atoms with Crippen LogP contribution in [0.3, 0.4) is 0 Å². The van der Waals surface area contributed by atoms with Crippen LogP contribution in [0.5, 0.6) is 5.75 Å². The third kappa shape index (κ3) is 2.96. The SMILES string of the molecule is COc1c(NCC(C)N(C)C)nc[nH]c1=O. The van der Waals surface area contributed by atoms with E-state index in [0.717, 1.165) is 0 Å². The minimum atomic E-state index is -0.280. The van der Waals surface area contributed by atoms with E-state index in [4.69, 9.17) is 4.74 Å². The number of hydrogen-bond donors (Lipinski definition) is 2. The number of nitrogens with one attached hydrogen (secondary N) is 2. The molecule has 0 amide bonds. The van der Waals surface area contributed by atoms with E-state index in [9.17, 15) is 4.79 Å². The van der Waals surface area contributed by atoms with Crippen LogP contribution in [0.4, 0.5) is 5.82 Å². The molecule has 0 aliphatic rings. The van der Waals surface area contributed by atoms with Crippen molar-refractivity contribution in [2.45, 2.75) is 13.0 Å². The molecular weight excluding hydrogens is 208 g/mol. The zero-order valence-corrected chi connectivity index (χ0v) is 10.1. The number of aromatic nitrogens is 2. The summed E-state index contributed by atoms with van der Waals surface area (Å²) in [4.78, 5) is 19.9. The quantitative estimate of drug-likeness (QED) is 0.747. The van der Waals surface area contributed by atoms with Gasteiger partial charge in [-0.15, -0.1) is 0 Å². The molecule has 0 saturated carbocycles. The van der Waals surface area contributed by atoms with Gasteiger partial charge in [-0.05, 0) is 21.0 Å². The molecule has 1 aromatic heterocycles. The first kappa shape index (κ1) is 12.5. The van der Waals surface area contributed by atoms with Gasteiger partial charge in [-0.25, -0.2) is 4.98 Å². The minimum absolute atomic E-state index is 0.216. The summed E-state index contributed by atoms with van der Waals surface area (Å²) in [6.07, 6.45) is 1.35. The van der Waals surface area contributed by atoms with Crippen LogP contribution in [0.25, 0.3) is 0 Å². The van der Waals surface area contributed by atoms with Gasteiger partial charge in [0.25, 0.3) is 5.56 Å². The Balaban J connectivity index is 2.74. The summed E-state index contributed by atoms with van der Waals surface area (Å²) in [5.74, 6) is 0.688. The summed E-state index contributed by atoms with van der Waals surface area (Å²) < 4.78 is 4.99. The number of aromatic amines is 1. The van der Waals surface area contributed by atoms with Crippen molar-refractivity contribution in [1.82, 2.24) is 14.9 Å². The highest BCUT2D eigenvalue weighted by atomic mass is 16.5. The third-order valence-electron chi connectivity index (χ3n) is 2.46. The largest absolute Gasteiger partial charge is 0.489 e. The number of nitrogens with zero attached hydrogens (tertiary/aromatic N) is 2. The molecule has 0 fully saturated rings. The van der Waals surface area contributed by atoms with E-state index in [0.29, 0.717) is 18.4 Å². The van der Waals surface area contributed by atoms with Crippen molar-refractivity contribution in [3.05, 3.63) is 16.7 Å². The highest BCUT2D eigenvalue weighted by molar-refractivity contribution is 5.47. The summed E-state index contributed by atoms with van der Waals surface area (Å²) >= 11 is 0. The highest BCUT2D eigenvalue weighted by Gasteiger charge is 2.10. The van der Waals surface area contributed by atoms with Crippen LogP contribution >= 0.6 is 0 Å². The fourth-order valence-corrected chi connectivity index (χ4v) is 1.13. The molecule has 16 heavy (non-hydrogen) atoms. The molecule has 90 valence electrons. The molecule has 1 rings (SSSR count). The topological polar surface area (TPSA) is 70.2 Å². The monoisotopic (exact) mass is 226 g/mol. The van der Waals surface area contributed by atoms with Gasteiger partial charge in [-0.3, -0.25) is 4.79 Å². The second kappa shape index (κ2) is 5.50. The molecule has 2 N–H and O–H groups in total. The molecule has 1 aromatic rings. The van der Waals surface area contributed by atoms with Crippen LogP contribution in [-0.4, -0.2) is 48.7 Å². The summed E-state index contributed by atoms with van der Waals surface area (Å²) in [6, 6.07) is 0.339. The van der Waals surface area contributed by atoms with Crippen LogP contribution in [0.2, 0.25) is 0 Å². The normalized spacial score (nSPS) is 12.6. The lowest BCUT2D eigenvalue weighted by molar-refractivity contribution is 0.325. The highest BCUT2D eigenvalue weighted by Crippen LogP contribution is 2.14. The number of anilines is 1. The zero-order valence-electron chi connectivity index (χ0n) is 10.1. The van der Waals surface area contributed by atoms with Crippen molar-refractivity contribution in [2.24, 2.45) is 0 Å². The summed E-state index contributed by atoms with van der Waals surface area (Å²) in [5, 5.41) is 3.09. The smallest absolute Gasteiger partial charge is 0.295 e. The average Bonchev–Trinajstić information content (AvgIpc) is 2.25. The van der Waals surface area contributed by atoms with E-state index in [1.807, 2.05) is 14.1 Å².